The minimum absolute atomic E-state index is 0.357. The lowest BCUT2D eigenvalue weighted by atomic mass is 9.94. The zero-order valence-corrected chi connectivity index (χ0v) is 10.6. The maximum atomic E-state index is 3.66. The van der Waals surface area contributed by atoms with Crippen molar-refractivity contribution >= 4 is 0 Å². The molecule has 2 unspecified atom stereocenters. The number of piperazine rings is 1. The van der Waals surface area contributed by atoms with Crippen LogP contribution >= 0.6 is 0 Å². The first kappa shape index (κ1) is 11.4. The summed E-state index contributed by atoms with van der Waals surface area (Å²) in [5.74, 6) is 1.06. The SMILES string of the molecule is CCC1(C)CN(C(C)CC2CC2)CCN1. The van der Waals surface area contributed by atoms with Crippen LogP contribution in [0.15, 0.2) is 0 Å². The highest BCUT2D eigenvalue weighted by molar-refractivity contribution is 4.92. The van der Waals surface area contributed by atoms with E-state index in [9.17, 15) is 0 Å². The Bertz CT molecular complexity index is 213. The Morgan fingerprint density at radius 3 is 2.80 bits per heavy atom. The molecule has 2 heteroatoms. The Morgan fingerprint density at radius 2 is 2.20 bits per heavy atom. The summed E-state index contributed by atoms with van der Waals surface area (Å²) in [5, 5.41) is 3.66. The molecule has 1 saturated carbocycles. The number of rotatable bonds is 4. The Balaban J connectivity index is 1.85. The van der Waals surface area contributed by atoms with Crippen LogP contribution in [0.4, 0.5) is 0 Å². The molecule has 1 saturated heterocycles. The van der Waals surface area contributed by atoms with Crippen molar-refractivity contribution in [1.82, 2.24) is 10.2 Å². The van der Waals surface area contributed by atoms with E-state index in [-0.39, 0.29) is 0 Å². The van der Waals surface area contributed by atoms with Crippen LogP contribution < -0.4 is 5.32 Å². The van der Waals surface area contributed by atoms with Gasteiger partial charge in [-0.05, 0) is 32.6 Å². The van der Waals surface area contributed by atoms with E-state index in [2.05, 4.69) is 31.0 Å². The first-order valence-corrected chi connectivity index (χ1v) is 6.62. The first-order chi connectivity index (χ1) is 7.13. The van der Waals surface area contributed by atoms with Gasteiger partial charge >= 0.3 is 0 Å². The van der Waals surface area contributed by atoms with Gasteiger partial charge in [-0.2, -0.15) is 0 Å². The Morgan fingerprint density at radius 1 is 1.47 bits per heavy atom. The molecule has 2 aliphatic rings. The van der Waals surface area contributed by atoms with E-state index in [4.69, 9.17) is 0 Å². The maximum absolute atomic E-state index is 3.66. The number of nitrogens with zero attached hydrogens (tertiary/aromatic N) is 1. The fraction of sp³-hybridized carbons (Fsp3) is 1.00. The molecule has 0 spiro atoms. The van der Waals surface area contributed by atoms with E-state index in [0.717, 1.165) is 12.0 Å². The Kier molecular flexibility index (Phi) is 3.36. The molecule has 0 aromatic rings. The topological polar surface area (TPSA) is 15.3 Å². The summed E-state index contributed by atoms with van der Waals surface area (Å²) in [6.45, 7) is 10.7. The normalized spacial score (nSPS) is 35.4. The summed E-state index contributed by atoms with van der Waals surface area (Å²) >= 11 is 0. The molecule has 15 heavy (non-hydrogen) atoms. The molecular weight excluding hydrogens is 184 g/mol. The second kappa shape index (κ2) is 4.42. The monoisotopic (exact) mass is 210 g/mol. The van der Waals surface area contributed by atoms with E-state index in [0.29, 0.717) is 5.54 Å². The van der Waals surface area contributed by atoms with Crippen molar-refractivity contribution in [3.05, 3.63) is 0 Å². The summed E-state index contributed by atoms with van der Waals surface area (Å²) in [6, 6.07) is 0.797. The average Bonchev–Trinajstić information content (AvgIpc) is 3.02. The third-order valence-corrected chi connectivity index (χ3v) is 4.28. The van der Waals surface area contributed by atoms with Crippen LogP contribution in [0.2, 0.25) is 0 Å². The molecule has 1 aliphatic carbocycles. The largest absolute Gasteiger partial charge is 0.309 e. The highest BCUT2D eigenvalue weighted by Gasteiger charge is 2.33. The molecule has 1 N–H and O–H groups in total. The van der Waals surface area contributed by atoms with E-state index in [1.807, 2.05) is 0 Å². The van der Waals surface area contributed by atoms with Gasteiger partial charge in [0.05, 0.1) is 0 Å². The molecule has 2 rings (SSSR count). The molecule has 2 atom stereocenters. The number of nitrogens with one attached hydrogen (secondary N) is 1. The third kappa shape index (κ3) is 2.94. The van der Waals surface area contributed by atoms with Crippen molar-refractivity contribution in [2.24, 2.45) is 5.92 Å². The summed E-state index contributed by atoms with van der Waals surface area (Å²) in [5.41, 5.74) is 0.357. The molecule has 0 bridgehead atoms. The average molecular weight is 210 g/mol. The molecule has 88 valence electrons. The van der Waals surface area contributed by atoms with Gasteiger partial charge in [-0.25, -0.2) is 0 Å². The van der Waals surface area contributed by atoms with E-state index >= 15 is 0 Å². The van der Waals surface area contributed by atoms with Gasteiger partial charge in [0.2, 0.25) is 0 Å². The molecule has 0 aromatic heterocycles. The second-order valence-electron chi connectivity index (χ2n) is 5.84. The Hall–Kier alpha value is -0.0800. The minimum Gasteiger partial charge on any atom is -0.309 e. The van der Waals surface area contributed by atoms with Gasteiger partial charge in [-0.15, -0.1) is 0 Å². The zero-order valence-electron chi connectivity index (χ0n) is 10.6. The third-order valence-electron chi connectivity index (χ3n) is 4.28. The summed E-state index contributed by atoms with van der Waals surface area (Å²) in [6.07, 6.45) is 5.64. The quantitative estimate of drug-likeness (QED) is 0.765. The maximum Gasteiger partial charge on any atom is 0.0278 e. The van der Waals surface area contributed by atoms with Gasteiger partial charge in [-0.3, -0.25) is 4.90 Å². The number of hydrogen-bond acceptors (Lipinski definition) is 2. The van der Waals surface area contributed by atoms with Crippen molar-refractivity contribution in [1.29, 1.82) is 0 Å². The van der Waals surface area contributed by atoms with Crippen molar-refractivity contribution in [3.63, 3.8) is 0 Å². The molecule has 0 aromatic carbocycles. The van der Waals surface area contributed by atoms with Gasteiger partial charge in [0.25, 0.3) is 0 Å². The molecule has 0 amide bonds. The summed E-state index contributed by atoms with van der Waals surface area (Å²) in [4.78, 5) is 2.69. The lowest BCUT2D eigenvalue weighted by Crippen LogP contribution is -2.60. The highest BCUT2D eigenvalue weighted by Crippen LogP contribution is 2.35. The zero-order chi connectivity index (χ0) is 10.9. The minimum atomic E-state index is 0.357. The van der Waals surface area contributed by atoms with Crippen molar-refractivity contribution in [2.75, 3.05) is 19.6 Å². The van der Waals surface area contributed by atoms with E-state index < -0.39 is 0 Å². The second-order valence-corrected chi connectivity index (χ2v) is 5.84. The smallest absolute Gasteiger partial charge is 0.0278 e. The van der Waals surface area contributed by atoms with Crippen LogP contribution in [-0.4, -0.2) is 36.1 Å². The van der Waals surface area contributed by atoms with Gasteiger partial charge in [0.15, 0.2) is 0 Å². The predicted molar refractivity (Wildman–Crippen MR) is 65.1 cm³/mol. The molecule has 1 aliphatic heterocycles. The van der Waals surface area contributed by atoms with Crippen LogP contribution in [0.1, 0.15) is 46.5 Å². The van der Waals surface area contributed by atoms with Gasteiger partial charge in [0, 0.05) is 31.2 Å². The summed E-state index contributed by atoms with van der Waals surface area (Å²) in [7, 11) is 0. The van der Waals surface area contributed by atoms with Crippen molar-refractivity contribution in [2.45, 2.75) is 58.0 Å². The molecule has 2 nitrogen and oxygen atoms in total. The van der Waals surface area contributed by atoms with Crippen molar-refractivity contribution < 1.29 is 0 Å². The molecule has 0 radical (unpaired) electrons. The molecule has 1 heterocycles. The van der Waals surface area contributed by atoms with Gasteiger partial charge in [-0.1, -0.05) is 19.8 Å². The van der Waals surface area contributed by atoms with Crippen LogP contribution in [0.3, 0.4) is 0 Å². The fourth-order valence-corrected chi connectivity index (χ4v) is 2.68. The van der Waals surface area contributed by atoms with Crippen molar-refractivity contribution in [3.8, 4) is 0 Å². The number of hydrogen-bond donors (Lipinski definition) is 1. The highest BCUT2D eigenvalue weighted by atomic mass is 15.2. The molecule has 2 fully saturated rings. The van der Waals surface area contributed by atoms with Gasteiger partial charge < -0.3 is 5.32 Å². The van der Waals surface area contributed by atoms with E-state index in [1.165, 1.54) is 45.3 Å². The fourth-order valence-electron chi connectivity index (χ4n) is 2.68. The van der Waals surface area contributed by atoms with Crippen LogP contribution in [0.25, 0.3) is 0 Å². The lowest BCUT2D eigenvalue weighted by Gasteiger charge is -2.43. The summed E-state index contributed by atoms with van der Waals surface area (Å²) < 4.78 is 0. The standard InChI is InChI=1S/C13H26N2/c1-4-13(3)10-15(8-7-14-13)11(2)9-12-5-6-12/h11-12,14H,4-10H2,1-3H3. The van der Waals surface area contributed by atoms with Crippen LogP contribution in [0, 0.1) is 5.92 Å². The van der Waals surface area contributed by atoms with Crippen LogP contribution in [-0.2, 0) is 0 Å². The van der Waals surface area contributed by atoms with Crippen LogP contribution in [0.5, 0.6) is 0 Å². The Labute approximate surface area is 94.4 Å². The molecular formula is C13H26N2. The van der Waals surface area contributed by atoms with Gasteiger partial charge in [0.1, 0.15) is 0 Å². The first-order valence-electron chi connectivity index (χ1n) is 6.62. The van der Waals surface area contributed by atoms with E-state index in [1.54, 1.807) is 0 Å². The lowest BCUT2D eigenvalue weighted by molar-refractivity contribution is 0.0982. The predicted octanol–water partition coefficient (Wildman–Crippen LogP) is 2.25.